The highest BCUT2D eigenvalue weighted by molar-refractivity contribution is 6.30. The molecule has 0 saturated carbocycles. The molecule has 0 bridgehead atoms. The van der Waals surface area contributed by atoms with Crippen LogP contribution in [0, 0.1) is 0 Å². The molecule has 23 heavy (non-hydrogen) atoms. The lowest BCUT2D eigenvalue weighted by Gasteiger charge is -2.35. The van der Waals surface area contributed by atoms with Gasteiger partial charge in [-0.15, -0.1) is 0 Å². The molecule has 0 N–H and O–H groups in total. The van der Waals surface area contributed by atoms with Gasteiger partial charge in [-0.2, -0.15) is 13.2 Å². The van der Waals surface area contributed by atoms with E-state index in [1.54, 1.807) is 19.2 Å². The lowest BCUT2D eigenvalue weighted by Crippen LogP contribution is -2.49. The van der Waals surface area contributed by atoms with Gasteiger partial charge in [0.1, 0.15) is 12.2 Å². The molecule has 1 heterocycles. The quantitative estimate of drug-likeness (QED) is 0.837. The first-order valence-corrected chi connectivity index (χ1v) is 7.55. The molecule has 1 saturated heterocycles. The van der Waals surface area contributed by atoms with E-state index >= 15 is 0 Å². The van der Waals surface area contributed by atoms with Crippen LogP contribution in [0.2, 0.25) is 5.02 Å². The summed E-state index contributed by atoms with van der Waals surface area (Å²) in [6.45, 7) is 2.18. The number of amides is 1. The Labute approximate surface area is 137 Å². The summed E-state index contributed by atoms with van der Waals surface area (Å²) in [7, 11) is 1.57. The molecule has 1 aliphatic rings. The van der Waals surface area contributed by atoms with Gasteiger partial charge in [0.25, 0.3) is 0 Å². The van der Waals surface area contributed by atoms with Gasteiger partial charge in [-0.05, 0) is 18.2 Å². The highest BCUT2D eigenvalue weighted by Crippen LogP contribution is 2.25. The molecule has 1 aromatic carbocycles. The smallest absolute Gasteiger partial charge is 0.397 e. The van der Waals surface area contributed by atoms with E-state index in [0.717, 1.165) is 5.56 Å². The zero-order valence-corrected chi connectivity index (χ0v) is 13.5. The molecular weight excluding hydrogens is 333 g/mol. The minimum atomic E-state index is -4.46. The van der Waals surface area contributed by atoms with Crippen LogP contribution in [0.3, 0.4) is 0 Å². The summed E-state index contributed by atoms with van der Waals surface area (Å²) in [5.74, 6) is -0.150. The largest absolute Gasteiger partial charge is 0.496 e. The van der Waals surface area contributed by atoms with E-state index in [1.165, 1.54) is 4.90 Å². The molecule has 1 amide bonds. The molecule has 0 aliphatic carbocycles. The van der Waals surface area contributed by atoms with Crippen LogP contribution in [0.5, 0.6) is 5.75 Å². The van der Waals surface area contributed by atoms with Crippen molar-refractivity contribution in [1.29, 1.82) is 0 Å². The van der Waals surface area contributed by atoms with Gasteiger partial charge in [0.2, 0.25) is 5.91 Å². The number of nitrogens with zero attached hydrogens (tertiary/aromatic N) is 2. The average molecular weight is 351 g/mol. The number of carbonyl (C=O) groups is 1. The molecule has 0 spiro atoms. The van der Waals surface area contributed by atoms with Gasteiger partial charge < -0.3 is 9.64 Å². The second-order valence-electron chi connectivity index (χ2n) is 5.41. The van der Waals surface area contributed by atoms with Crippen LogP contribution in [0.1, 0.15) is 12.0 Å². The SMILES string of the molecule is COc1ccc(Cl)cc1CN1CCN(C(=O)CC(F)(F)F)CC1. The molecule has 0 atom stereocenters. The molecule has 0 unspecified atom stereocenters. The van der Waals surface area contributed by atoms with Gasteiger partial charge in [0.15, 0.2) is 0 Å². The van der Waals surface area contributed by atoms with E-state index in [4.69, 9.17) is 16.3 Å². The van der Waals surface area contributed by atoms with Gasteiger partial charge in [0, 0.05) is 43.3 Å². The van der Waals surface area contributed by atoms with Crippen LogP contribution in [-0.4, -0.2) is 55.2 Å². The molecule has 1 fully saturated rings. The van der Waals surface area contributed by atoms with E-state index in [-0.39, 0.29) is 13.1 Å². The van der Waals surface area contributed by atoms with Crippen molar-refractivity contribution in [2.75, 3.05) is 33.3 Å². The Hall–Kier alpha value is -1.47. The average Bonchev–Trinajstić information content (AvgIpc) is 2.46. The maximum absolute atomic E-state index is 12.3. The van der Waals surface area contributed by atoms with Crippen LogP contribution in [-0.2, 0) is 11.3 Å². The first kappa shape index (κ1) is 17.9. The van der Waals surface area contributed by atoms with Crippen LogP contribution in [0.25, 0.3) is 0 Å². The minimum Gasteiger partial charge on any atom is -0.496 e. The topological polar surface area (TPSA) is 32.8 Å². The van der Waals surface area contributed by atoms with Gasteiger partial charge in [0.05, 0.1) is 7.11 Å². The van der Waals surface area contributed by atoms with Gasteiger partial charge in [-0.25, -0.2) is 0 Å². The molecule has 4 nitrogen and oxygen atoms in total. The Kier molecular flexibility index (Phi) is 5.75. The predicted octanol–water partition coefficient (Wildman–Crippen LogP) is 2.95. The van der Waals surface area contributed by atoms with Crippen molar-refractivity contribution in [2.24, 2.45) is 0 Å². The van der Waals surface area contributed by atoms with Gasteiger partial charge in [-0.3, -0.25) is 9.69 Å². The third kappa shape index (κ3) is 5.28. The zero-order valence-electron chi connectivity index (χ0n) is 12.7. The van der Waals surface area contributed by atoms with E-state index in [2.05, 4.69) is 4.90 Å². The van der Waals surface area contributed by atoms with Crippen molar-refractivity contribution >= 4 is 17.5 Å². The second kappa shape index (κ2) is 7.40. The first-order valence-electron chi connectivity index (χ1n) is 7.18. The molecular formula is C15H18ClF3N2O2. The van der Waals surface area contributed by atoms with Gasteiger partial charge in [-0.1, -0.05) is 11.6 Å². The maximum Gasteiger partial charge on any atom is 0.397 e. The number of hydrogen-bond donors (Lipinski definition) is 0. The third-order valence-corrected chi connectivity index (χ3v) is 3.95. The lowest BCUT2D eigenvalue weighted by atomic mass is 10.1. The summed E-state index contributed by atoms with van der Waals surface area (Å²) < 4.78 is 42.1. The summed E-state index contributed by atoms with van der Waals surface area (Å²) >= 11 is 5.98. The van der Waals surface area contributed by atoms with Crippen LogP contribution < -0.4 is 4.74 Å². The number of ether oxygens (including phenoxy) is 1. The van der Waals surface area contributed by atoms with E-state index in [9.17, 15) is 18.0 Å². The van der Waals surface area contributed by atoms with Crippen molar-refractivity contribution in [2.45, 2.75) is 19.1 Å². The van der Waals surface area contributed by atoms with Crippen LogP contribution in [0.15, 0.2) is 18.2 Å². The Balaban J connectivity index is 1.90. The minimum absolute atomic E-state index is 0.289. The van der Waals surface area contributed by atoms with E-state index in [0.29, 0.717) is 30.4 Å². The van der Waals surface area contributed by atoms with Crippen molar-refractivity contribution in [1.82, 2.24) is 9.80 Å². The maximum atomic E-state index is 12.3. The Morgan fingerprint density at radius 2 is 1.91 bits per heavy atom. The molecule has 8 heteroatoms. The summed E-state index contributed by atoms with van der Waals surface area (Å²) in [6.07, 6.45) is -5.85. The monoisotopic (exact) mass is 350 g/mol. The van der Waals surface area contributed by atoms with Crippen molar-refractivity contribution in [3.63, 3.8) is 0 Å². The third-order valence-electron chi connectivity index (χ3n) is 3.71. The Morgan fingerprint density at radius 3 is 2.48 bits per heavy atom. The highest BCUT2D eigenvalue weighted by atomic mass is 35.5. The number of alkyl halides is 3. The Morgan fingerprint density at radius 1 is 1.26 bits per heavy atom. The number of benzene rings is 1. The second-order valence-corrected chi connectivity index (χ2v) is 5.84. The first-order chi connectivity index (χ1) is 10.8. The fraction of sp³-hybridized carbons (Fsp3) is 0.533. The van der Waals surface area contributed by atoms with Crippen LogP contribution >= 0.6 is 11.6 Å². The van der Waals surface area contributed by atoms with Crippen molar-refractivity contribution < 1.29 is 22.7 Å². The normalized spacial score (nSPS) is 16.5. The summed E-state index contributed by atoms with van der Waals surface area (Å²) in [6, 6.07) is 5.32. The molecule has 0 radical (unpaired) electrons. The van der Waals surface area contributed by atoms with Crippen molar-refractivity contribution in [3.05, 3.63) is 28.8 Å². The molecule has 128 valence electrons. The summed E-state index contributed by atoms with van der Waals surface area (Å²) in [4.78, 5) is 14.9. The number of hydrogen-bond acceptors (Lipinski definition) is 3. The zero-order chi connectivity index (χ0) is 17.0. The molecule has 0 aromatic heterocycles. The fourth-order valence-corrected chi connectivity index (χ4v) is 2.74. The number of piperazine rings is 1. The van der Waals surface area contributed by atoms with Crippen molar-refractivity contribution in [3.8, 4) is 5.75 Å². The highest BCUT2D eigenvalue weighted by Gasteiger charge is 2.34. The van der Waals surface area contributed by atoms with E-state index in [1.807, 2.05) is 6.07 Å². The van der Waals surface area contributed by atoms with E-state index < -0.39 is 18.5 Å². The Bertz CT molecular complexity index is 558. The van der Waals surface area contributed by atoms with Gasteiger partial charge >= 0.3 is 6.18 Å². The molecule has 1 aliphatic heterocycles. The lowest BCUT2D eigenvalue weighted by molar-refractivity contribution is -0.162. The number of halogens is 4. The fourth-order valence-electron chi connectivity index (χ4n) is 2.55. The number of carbonyl (C=O) groups excluding carboxylic acids is 1. The summed E-state index contributed by atoms with van der Waals surface area (Å²) in [5, 5.41) is 0.597. The number of methoxy groups -OCH3 is 1. The molecule has 1 aromatic rings. The standard InChI is InChI=1S/C15H18ClF3N2O2/c1-23-13-3-2-12(16)8-11(13)10-20-4-6-21(7-5-20)14(22)9-15(17,18)19/h2-3,8H,4-7,9-10H2,1H3. The molecule has 2 rings (SSSR count). The van der Waals surface area contributed by atoms with Crippen LogP contribution in [0.4, 0.5) is 13.2 Å². The number of rotatable bonds is 4. The predicted molar refractivity (Wildman–Crippen MR) is 80.5 cm³/mol. The summed E-state index contributed by atoms with van der Waals surface area (Å²) in [5.41, 5.74) is 0.912.